The lowest BCUT2D eigenvalue weighted by Crippen LogP contribution is -2.10. The summed E-state index contributed by atoms with van der Waals surface area (Å²) in [5.74, 6) is 1.29. The Bertz CT molecular complexity index is 1020. The number of hydrogen-bond donors (Lipinski definition) is 1. The quantitative estimate of drug-likeness (QED) is 0.528. The molecule has 0 bridgehead atoms. The molecule has 2 aromatic carbocycles. The van der Waals surface area contributed by atoms with E-state index in [0.717, 1.165) is 21.0 Å². The summed E-state index contributed by atoms with van der Waals surface area (Å²) in [4.78, 5) is 16.9. The van der Waals surface area contributed by atoms with Crippen LogP contribution >= 0.6 is 11.3 Å². The van der Waals surface area contributed by atoms with Crippen molar-refractivity contribution in [3.63, 3.8) is 0 Å². The van der Waals surface area contributed by atoms with Gasteiger partial charge in [-0.25, -0.2) is 4.98 Å². The molecule has 0 aliphatic rings. The van der Waals surface area contributed by atoms with E-state index in [4.69, 9.17) is 9.15 Å². The maximum atomic E-state index is 12.4. The molecule has 2 heterocycles. The van der Waals surface area contributed by atoms with Gasteiger partial charge >= 0.3 is 0 Å². The van der Waals surface area contributed by atoms with Crippen LogP contribution in [-0.2, 0) is 0 Å². The number of nitrogens with zero attached hydrogens (tertiary/aromatic N) is 1. The van der Waals surface area contributed by atoms with Crippen molar-refractivity contribution in [2.24, 2.45) is 0 Å². The second kappa shape index (κ2) is 7.01. The number of carbonyl (C=O) groups is 1. The second-order valence-corrected chi connectivity index (χ2v) is 6.59. The Balaban J connectivity index is 1.50. The van der Waals surface area contributed by atoms with Crippen LogP contribution in [0.4, 0.5) is 5.69 Å². The molecule has 1 N–H and O–H groups in total. The van der Waals surface area contributed by atoms with Crippen molar-refractivity contribution in [1.29, 1.82) is 0 Å². The van der Waals surface area contributed by atoms with Gasteiger partial charge in [-0.2, -0.15) is 0 Å². The van der Waals surface area contributed by atoms with Gasteiger partial charge in [0.2, 0.25) is 0 Å². The highest BCUT2D eigenvalue weighted by Gasteiger charge is 2.15. The number of furan rings is 1. The molecule has 0 radical (unpaired) electrons. The summed E-state index contributed by atoms with van der Waals surface area (Å²) < 4.78 is 12.2. The van der Waals surface area contributed by atoms with E-state index in [-0.39, 0.29) is 11.7 Å². The number of amides is 1. The third kappa shape index (κ3) is 3.32. The average Bonchev–Trinajstić information content (AvgIpc) is 3.30. The molecule has 2 aromatic heterocycles. The number of fused-ring (bicyclic) bond motifs is 1. The summed E-state index contributed by atoms with van der Waals surface area (Å²) in [5.41, 5.74) is 1.60. The molecule has 0 atom stereocenters. The summed E-state index contributed by atoms with van der Waals surface area (Å²) in [5, 5.41) is 3.57. The van der Waals surface area contributed by atoms with Crippen molar-refractivity contribution in [3.8, 4) is 16.5 Å². The fourth-order valence-corrected chi connectivity index (χ4v) is 3.47. The van der Waals surface area contributed by atoms with Crippen LogP contribution in [-0.4, -0.2) is 17.5 Å². The first-order valence-corrected chi connectivity index (χ1v) is 9.04. The molecule has 1 amide bonds. The number of thiazole rings is 1. The molecule has 0 aliphatic heterocycles. The fourth-order valence-electron chi connectivity index (χ4n) is 2.55. The number of rotatable bonds is 5. The van der Waals surface area contributed by atoms with Crippen LogP contribution in [0.5, 0.6) is 5.75 Å². The van der Waals surface area contributed by atoms with Crippen LogP contribution in [0.3, 0.4) is 0 Å². The molecule has 0 aliphatic carbocycles. The van der Waals surface area contributed by atoms with Gasteiger partial charge in [0.15, 0.2) is 16.5 Å². The van der Waals surface area contributed by atoms with E-state index in [1.54, 1.807) is 24.3 Å². The first-order valence-electron chi connectivity index (χ1n) is 8.23. The minimum atomic E-state index is -0.304. The lowest BCUT2D eigenvalue weighted by molar-refractivity contribution is 0.0997. The van der Waals surface area contributed by atoms with Crippen LogP contribution in [0.2, 0.25) is 0 Å². The van der Waals surface area contributed by atoms with Crippen molar-refractivity contribution in [2.45, 2.75) is 6.92 Å². The molecule has 4 aromatic rings. The minimum absolute atomic E-state index is 0.244. The van der Waals surface area contributed by atoms with Gasteiger partial charge in [-0.3, -0.25) is 4.79 Å². The Kier molecular flexibility index (Phi) is 4.41. The van der Waals surface area contributed by atoms with Gasteiger partial charge in [0, 0.05) is 5.69 Å². The monoisotopic (exact) mass is 364 g/mol. The Hall–Kier alpha value is -3.12. The van der Waals surface area contributed by atoms with Crippen molar-refractivity contribution in [1.82, 2.24) is 4.98 Å². The Morgan fingerprint density at radius 3 is 2.69 bits per heavy atom. The van der Waals surface area contributed by atoms with Gasteiger partial charge in [0.1, 0.15) is 5.75 Å². The number of ether oxygens (including phenoxy) is 1. The average molecular weight is 364 g/mol. The number of anilines is 1. The van der Waals surface area contributed by atoms with E-state index in [2.05, 4.69) is 10.3 Å². The molecular weight excluding hydrogens is 348 g/mol. The van der Waals surface area contributed by atoms with Crippen LogP contribution in [0.15, 0.2) is 65.1 Å². The van der Waals surface area contributed by atoms with E-state index in [1.165, 1.54) is 11.3 Å². The SMILES string of the molecule is CCOc1ccc(NC(=O)c2ccc(-c3nc4ccccc4s3)o2)cc1. The van der Waals surface area contributed by atoms with Gasteiger partial charge in [0.25, 0.3) is 5.91 Å². The van der Waals surface area contributed by atoms with Gasteiger partial charge < -0.3 is 14.5 Å². The Labute approximate surface area is 154 Å². The number of para-hydroxylation sites is 1. The van der Waals surface area contributed by atoms with E-state index in [9.17, 15) is 4.79 Å². The smallest absolute Gasteiger partial charge is 0.291 e. The molecule has 6 heteroatoms. The van der Waals surface area contributed by atoms with Crippen molar-refractivity contribution in [2.75, 3.05) is 11.9 Å². The molecular formula is C20H16N2O3S. The number of hydrogen-bond acceptors (Lipinski definition) is 5. The summed E-state index contributed by atoms with van der Waals surface area (Å²) in [6, 6.07) is 18.5. The van der Waals surface area contributed by atoms with Crippen LogP contribution in [0.1, 0.15) is 17.5 Å². The van der Waals surface area contributed by atoms with Gasteiger partial charge in [-0.05, 0) is 55.5 Å². The van der Waals surface area contributed by atoms with Crippen LogP contribution < -0.4 is 10.1 Å². The van der Waals surface area contributed by atoms with E-state index < -0.39 is 0 Å². The predicted molar refractivity (Wildman–Crippen MR) is 103 cm³/mol. The van der Waals surface area contributed by atoms with E-state index >= 15 is 0 Å². The third-order valence-corrected chi connectivity index (χ3v) is 4.81. The third-order valence-electron chi connectivity index (χ3n) is 3.76. The predicted octanol–water partition coefficient (Wildman–Crippen LogP) is 5.21. The maximum absolute atomic E-state index is 12.4. The molecule has 0 saturated heterocycles. The lowest BCUT2D eigenvalue weighted by Gasteiger charge is -2.05. The fraction of sp³-hybridized carbons (Fsp3) is 0.100. The largest absolute Gasteiger partial charge is 0.494 e. The van der Waals surface area contributed by atoms with E-state index in [0.29, 0.717) is 18.1 Å². The number of benzene rings is 2. The Morgan fingerprint density at radius 2 is 1.92 bits per heavy atom. The molecule has 130 valence electrons. The van der Waals surface area contributed by atoms with E-state index in [1.807, 2.05) is 43.3 Å². The molecule has 0 unspecified atom stereocenters. The highest BCUT2D eigenvalue weighted by Crippen LogP contribution is 2.31. The molecule has 26 heavy (non-hydrogen) atoms. The topological polar surface area (TPSA) is 64.4 Å². The summed E-state index contributed by atoms with van der Waals surface area (Å²) in [7, 11) is 0. The maximum Gasteiger partial charge on any atom is 0.291 e. The van der Waals surface area contributed by atoms with Crippen molar-refractivity contribution < 1.29 is 13.9 Å². The van der Waals surface area contributed by atoms with Crippen LogP contribution in [0, 0.1) is 0 Å². The summed E-state index contributed by atoms with van der Waals surface area (Å²) in [6.45, 7) is 2.53. The zero-order valence-corrected chi connectivity index (χ0v) is 14.9. The zero-order chi connectivity index (χ0) is 17.9. The van der Waals surface area contributed by atoms with Crippen molar-refractivity contribution in [3.05, 3.63) is 66.4 Å². The second-order valence-electron chi connectivity index (χ2n) is 5.56. The number of carbonyl (C=O) groups excluding carboxylic acids is 1. The minimum Gasteiger partial charge on any atom is -0.494 e. The summed E-state index contributed by atoms with van der Waals surface area (Å²) in [6.07, 6.45) is 0. The van der Waals surface area contributed by atoms with Gasteiger partial charge in [-0.15, -0.1) is 11.3 Å². The molecule has 0 saturated carbocycles. The molecule has 5 nitrogen and oxygen atoms in total. The van der Waals surface area contributed by atoms with Crippen LogP contribution in [0.25, 0.3) is 21.0 Å². The standard InChI is InChI=1S/C20H16N2O3S/c1-2-24-14-9-7-13(8-10-14)21-19(23)16-11-12-17(25-16)20-22-15-5-3-4-6-18(15)26-20/h3-12H,2H2,1H3,(H,21,23). The molecule has 4 rings (SSSR count). The zero-order valence-electron chi connectivity index (χ0n) is 14.1. The van der Waals surface area contributed by atoms with Gasteiger partial charge in [-0.1, -0.05) is 12.1 Å². The molecule has 0 spiro atoms. The first-order chi connectivity index (χ1) is 12.7. The highest BCUT2D eigenvalue weighted by atomic mass is 32.1. The lowest BCUT2D eigenvalue weighted by atomic mass is 10.3. The first kappa shape index (κ1) is 16.4. The van der Waals surface area contributed by atoms with Crippen molar-refractivity contribution >= 4 is 33.1 Å². The number of nitrogens with one attached hydrogen (secondary N) is 1. The summed E-state index contributed by atoms with van der Waals surface area (Å²) >= 11 is 1.54. The van der Waals surface area contributed by atoms with Gasteiger partial charge in [0.05, 0.1) is 16.8 Å². The normalized spacial score (nSPS) is 10.8. The highest BCUT2D eigenvalue weighted by molar-refractivity contribution is 7.21. The molecule has 0 fully saturated rings. The Morgan fingerprint density at radius 1 is 1.12 bits per heavy atom. The number of aromatic nitrogens is 1.